The summed E-state index contributed by atoms with van der Waals surface area (Å²) in [5, 5.41) is 0. The highest BCUT2D eigenvalue weighted by Crippen LogP contribution is 2.16. The summed E-state index contributed by atoms with van der Waals surface area (Å²) in [5.74, 6) is 0.0737. The minimum Gasteiger partial charge on any atom is -0.399 e. The summed E-state index contributed by atoms with van der Waals surface area (Å²) in [7, 11) is -3.25. The third-order valence-corrected chi connectivity index (χ3v) is 4.81. The number of rotatable bonds is 4. The van der Waals surface area contributed by atoms with Crippen molar-refractivity contribution in [2.24, 2.45) is 0 Å². The first-order valence-electron chi connectivity index (χ1n) is 6.12. The van der Waals surface area contributed by atoms with Crippen LogP contribution in [-0.2, 0) is 16.3 Å². The lowest BCUT2D eigenvalue weighted by Gasteiger charge is -2.07. The Labute approximate surface area is 114 Å². The maximum absolute atomic E-state index is 12.2. The van der Waals surface area contributed by atoms with Crippen LogP contribution in [0.5, 0.6) is 0 Å². The molecule has 2 aromatic rings. The van der Waals surface area contributed by atoms with Crippen molar-refractivity contribution in [3.63, 3.8) is 0 Å². The Morgan fingerprint density at radius 1 is 1.00 bits per heavy atom. The van der Waals surface area contributed by atoms with Gasteiger partial charge in [-0.2, -0.15) is 0 Å². The van der Waals surface area contributed by atoms with Gasteiger partial charge in [0.1, 0.15) is 0 Å². The predicted molar refractivity (Wildman–Crippen MR) is 77.8 cm³/mol. The van der Waals surface area contributed by atoms with Gasteiger partial charge in [-0.1, -0.05) is 35.9 Å². The van der Waals surface area contributed by atoms with Crippen LogP contribution in [0.3, 0.4) is 0 Å². The highest BCUT2D eigenvalue weighted by atomic mass is 32.2. The smallest absolute Gasteiger partial charge is 0.178 e. The zero-order valence-electron chi connectivity index (χ0n) is 10.8. The Hall–Kier alpha value is -1.81. The number of aryl methyl sites for hydroxylation is 2. The first-order valence-corrected chi connectivity index (χ1v) is 7.77. The molecule has 19 heavy (non-hydrogen) atoms. The molecule has 0 radical (unpaired) electrons. The predicted octanol–water partition coefficient (Wildman–Crippen LogP) is 2.59. The van der Waals surface area contributed by atoms with Crippen molar-refractivity contribution >= 4 is 15.5 Å². The number of para-hydroxylation sites is 1. The molecule has 4 heteroatoms. The lowest BCUT2D eigenvalue weighted by molar-refractivity contribution is 0.595. The third kappa shape index (κ3) is 3.35. The van der Waals surface area contributed by atoms with E-state index in [2.05, 4.69) is 0 Å². The Morgan fingerprint density at radius 3 is 2.26 bits per heavy atom. The Kier molecular flexibility index (Phi) is 3.90. The average Bonchev–Trinajstić information content (AvgIpc) is 2.38. The first kappa shape index (κ1) is 13.6. The molecule has 100 valence electrons. The second-order valence-electron chi connectivity index (χ2n) is 4.58. The van der Waals surface area contributed by atoms with E-state index >= 15 is 0 Å². The number of benzene rings is 2. The van der Waals surface area contributed by atoms with Crippen molar-refractivity contribution in [1.82, 2.24) is 0 Å². The summed E-state index contributed by atoms with van der Waals surface area (Å²) in [6.07, 6.45) is 0.433. The fourth-order valence-electron chi connectivity index (χ4n) is 1.87. The lowest BCUT2D eigenvalue weighted by Crippen LogP contribution is -2.10. The van der Waals surface area contributed by atoms with Gasteiger partial charge in [-0.05, 0) is 37.1 Å². The van der Waals surface area contributed by atoms with E-state index in [1.165, 1.54) is 0 Å². The second-order valence-corrected chi connectivity index (χ2v) is 6.69. The Morgan fingerprint density at radius 2 is 1.63 bits per heavy atom. The number of nitrogen functional groups attached to an aromatic ring is 1. The van der Waals surface area contributed by atoms with Crippen LogP contribution in [-0.4, -0.2) is 14.2 Å². The van der Waals surface area contributed by atoms with Crippen molar-refractivity contribution in [2.45, 2.75) is 18.2 Å². The van der Waals surface area contributed by atoms with Crippen LogP contribution < -0.4 is 5.73 Å². The first-order chi connectivity index (χ1) is 8.99. The summed E-state index contributed by atoms with van der Waals surface area (Å²) >= 11 is 0. The molecule has 0 saturated heterocycles. The van der Waals surface area contributed by atoms with Gasteiger partial charge in [0.05, 0.1) is 10.6 Å². The van der Waals surface area contributed by atoms with E-state index in [1.54, 1.807) is 18.2 Å². The molecule has 2 rings (SSSR count). The summed E-state index contributed by atoms with van der Waals surface area (Å²) < 4.78 is 24.4. The third-order valence-electron chi connectivity index (χ3n) is 3.08. The molecule has 0 unspecified atom stereocenters. The van der Waals surface area contributed by atoms with Crippen molar-refractivity contribution < 1.29 is 8.42 Å². The molecule has 0 atom stereocenters. The highest BCUT2D eigenvalue weighted by molar-refractivity contribution is 7.91. The molecule has 2 N–H and O–H groups in total. The fraction of sp³-hybridized carbons (Fsp3) is 0.200. The average molecular weight is 275 g/mol. The van der Waals surface area contributed by atoms with Crippen LogP contribution in [0.2, 0.25) is 0 Å². The highest BCUT2D eigenvalue weighted by Gasteiger charge is 2.14. The van der Waals surface area contributed by atoms with E-state index < -0.39 is 9.84 Å². The van der Waals surface area contributed by atoms with Crippen LogP contribution in [0.25, 0.3) is 0 Å². The van der Waals surface area contributed by atoms with Gasteiger partial charge in [-0.3, -0.25) is 0 Å². The zero-order valence-corrected chi connectivity index (χ0v) is 11.7. The lowest BCUT2D eigenvalue weighted by atomic mass is 10.1. The van der Waals surface area contributed by atoms with Crippen LogP contribution in [0.15, 0.2) is 53.4 Å². The minimum absolute atomic E-state index is 0.0737. The Balaban J connectivity index is 2.14. The number of hydrogen-bond acceptors (Lipinski definition) is 3. The van der Waals surface area contributed by atoms with Crippen molar-refractivity contribution in [3.8, 4) is 0 Å². The molecule has 2 aromatic carbocycles. The molecule has 0 bridgehead atoms. The molecule has 0 aliphatic heterocycles. The molecule has 3 nitrogen and oxygen atoms in total. The zero-order chi connectivity index (χ0) is 13.9. The monoisotopic (exact) mass is 275 g/mol. The van der Waals surface area contributed by atoms with Crippen LogP contribution in [0.4, 0.5) is 5.69 Å². The molecule has 0 saturated carbocycles. The summed E-state index contributed by atoms with van der Waals surface area (Å²) in [6, 6.07) is 14.3. The van der Waals surface area contributed by atoms with Gasteiger partial charge >= 0.3 is 0 Å². The quantitative estimate of drug-likeness (QED) is 0.872. The maximum atomic E-state index is 12.2. The van der Waals surface area contributed by atoms with Gasteiger partial charge in [0.25, 0.3) is 0 Å². The minimum atomic E-state index is -3.25. The molecule has 0 aliphatic carbocycles. The van der Waals surface area contributed by atoms with Crippen LogP contribution >= 0.6 is 0 Å². The number of sulfone groups is 1. The van der Waals surface area contributed by atoms with Gasteiger partial charge in [-0.15, -0.1) is 0 Å². The van der Waals surface area contributed by atoms with E-state index in [0.29, 0.717) is 17.0 Å². The van der Waals surface area contributed by atoms with Gasteiger partial charge in [0.15, 0.2) is 9.84 Å². The molecule has 0 fully saturated rings. The van der Waals surface area contributed by atoms with Gasteiger partial charge in [0, 0.05) is 5.69 Å². The standard InChI is InChI=1S/C15H17NO2S/c1-12-6-8-14(9-7-12)19(17,18)11-10-13-4-2-3-5-15(13)16/h2-9H,10-11,16H2,1H3. The molecule has 0 amide bonds. The van der Waals surface area contributed by atoms with E-state index in [0.717, 1.165) is 11.1 Å². The molecular formula is C15H17NO2S. The van der Waals surface area contributed by atoms with Gasteiger partial charge in [-0.25, -0.2) is 8.42 Å². The van der Waals surface area contributed by atoms with Crippen molar-refractivity contribution in [2.75, 3.05) is 11.5 Å². The van der Waals surface area contributed by atoms with Crippen LogP contribution in [0.1, 0.15) is 11.1 Å². The second kappa shape index (κ2) is 5.45. The van der Waals surface area contributed by atoms with Crippen molar-refractivity contribution in [1.29, 1.82) is 0 Å². The largest absolute Gasteiger partial charge is 0.399 e. The maximum Gasteiger partial charge on any atom is 0.178 e. The number of anilines is 1. The normalized spacial score (nSPS) is 11.4. The summed E-state index contributed by atoms with van der Waals surface area (Å²) in [5.41, 5.74) is 8.37. The Bertz CT molecular complexity index is 661. The number of nitrogens with two attached hydrogens (primary N) is 1. The molecule has 0 aromatic heterocycles. The summed E-state index contributed by atoms with van der Waals surface area (Å²) in [4.78, 5) is 0.368. The SMILES string of the molecule is Cc1ccc(S(=O)(=O)CCc2ccccc2N)cc1. The molecule has 0 aliphatic rings. The van der Waals surface area contributed by atoms with E-state index in [-0.39, 0.29) is 5.75 Å². The number of hydrogen-bond donors (Lipinski definition) is 1. The van der Waals surface area contributed by atoms with E-state index in [4.69, 9.17) is 5.73 Å². The van der Waals surface area contributed by atoms with Crippen LogP contribution in [0, 0.1) is 6.92 Å². The topological polar surface area (TPSA) is 60.2 Å². The van der Waals surface area contributed by atoms with Gasteiger partial charge in [0.2, 0.25) is 0 Å². The molecule has 0 heterocycles. The fourth-order valence-corrected chi connectivity index (χ4v) is 3.14. The molecular weight excluding hydrogens is 258 g/mol. The molecule has 0 spiro atoms. The van der Waals surface area contributed by atoms with Crippen molar-refractivity contribution in [3.05, 3.63) is 59.7 Å². The van der Waals surface area contributed by atoms with E-state index in [9.17, 15) is 8.42 Å². The summed E-state index contributed by atoms with van der Waals surface area (Å²) in [6.45, 7) is 1.93. The van der Waals surface area contributed by atoms with Gasteiger partial charge < -0.3 is 5.73 Å². The van der Waals surface area contributed by atoms with E-state index in [1.807, 2.05) is 37.3 Å².